The molecule has 0 saturated carbocycles. The zero-order valence-corrected chi connectivity index (χ0v) is 31.2. The molecule has 0 aliphatic heterocycles. The van der Waals surface area contributed by atoms with E-state index in [1.165, 1.54) is 36.5 Å². The lowest BCUT2D eigenvalue weighted by molar-refractivity contribution is 0.669. The molecule has 264 valence electrons. The molecule has 0 bridgehead atoms. The van der Waals surface area contributed by atoms with E-state index in [4.69, 9.17) is 4.42 Å². The fourth-order valence-corrected chi connectivity index (χ4v) is 9.43. The Balaban J connectivity index is 1.03. The van der Waals surface area contributed by atoms with E-state index in [1.54, 1.807) is 0 Å². The topological polar surface area (TPSA) is 19.6 Å². The summed E-state index contributed by atoms with van der Waals surface area (Å²) in [5, 5.41) is 7.23. The van der Waals surface area contributed by atoms with E-state index in [0.29, 0.717) is 0 Å². The smallest absolute Gasteiger partial charge is 0.159 e. The number of anilines is 6. The third kappa shape index (κ3) is 5.34. The van der Waals surface area contributed by atoms with Gasteiger partial charge in [0.1, 0.15) is 5.58 Å². The van der Waals surface area contributed by atoms with Crippen molar-refractivity contribution in [2.45, 2.75) is 0 Å². The van der Waals surface area contributed by atoms with Crippen LogP contribution in [-0.4, -0.2) is 0 Å². The molecule has 2 aromatic heterocycles. The van der Waals surface area contributed by atoms with Crippen molar-refractivity contribution < 1.29 is 4.42 Å². The minimum atomic E-state index is 0.873. The van der Waals surface area contributed by atoms with E-state index in [-0.39, 0.29) is 0 Å². The number of para-hydroxylation sites is 4. The molecule has 11 rings (SSSR count). The van der Waals surface area contributed by atoms with Crippen molar-refractivity contribution in [1.82, 2.24) is 0 Å². The predicted octanol–water partition coefficient (Wildman–Crippen LogP) is 15.7. The quantitative estimate of drug-likeness (QED) is 0.163. The van der Waals surface area contributed by atoms with Crippen LogP contribution in [0.2, 0.25) is 0 Å². The van der Waals surface area contributed by atoms with Crippen molar-refractivity contribution in [3.05, 3.63) is 206 Å². The predicted molar refractivity (Wildman–Crippen MR) is 239 cm³/mol. The molecule has 0 N–H and O–H groups in total. The molecule has 0 fully saturated rings. The molecule has 56 heavy (non-hydrogen) atoms. The van der Waals surface area contributed by atoms with Gasteiger partial charge in [0.15, 0.2) is 5.58 Å². The van der Waals surface area contributed by atoms with Crippen LogP contribution in [0.3, 0.4) is 0 Å². The zero-order valence-electron chi connectivity index (χ0n) is 30.3. The van der Waals surface area contributed by atoms with Crippen molar-refractivity contribution in [3.8, 4) is 11.1 Å². The third-order valence-corrected chi connectivity index (χ3v) is 12.0. The molecule has 0 saturated heterocycles. The maximum atomic E-state index is 6.53. The molecule has 0 radical (unpaired) electrons. The number of benzene rings is 9. The highest BCUT2D eigenvalue weighted by atomic mass is 32.1. The van der Waals surface area contributed by atoms with E-state index in [9.17, 15) is 0 Å². The molecule has 0 aliphatic rings. The van der Waals surface area contributed by atoms with Crippen LogP contribution in [0.1, 0.15) is 0 Å². The second-order valence-electron chi connectivity index (χ2n) is 14.1. The van der Waals surface area contributed by atoms with E-state index in [2.05, 4.69) is 204 Å². The SMILES string of the molecule is c1ccc(N(c2ccc3c(c2)sc2ccccc23)c2ccc(-c3ccc(N(c4ccccc4)c4cccc5c4oc4ccccc45)cc3)c3ccccc23)cc1. The Bertz CT molecular complexity index is 3200. The van der Waals surface area contributed by atoms with Crippen LogP contribution in [0.15, 0.2) is 211 Å². The number of thiophene rings is 1. The van der Waals surface area contributed by atoms with E-state index < -0.39 is 0 Å². The molecule has 0 atom stereocenters. The van der Waals surface area contributed by atoms with Crippen LogP contribution in [-0.2, 0) is 0 Å². The molecule has 2 heterocycles. The molecular formula is C52H34N2OS. The molecule has 0 aliphatic carbocycles. The first-order valence-corrected chi connectivity index (χ1v) is 19.7. The number of hydrogen-bond donors (Lipinski definition) is 0. The molecule has 4 heteroatoms. The van der Waals surface area contributed by atoms with E-state index in [1.807, 2.05) is 23.5 Å². The van der Waals surface area contributed by atoms with Gasteiger partial charge in [-0.3, -0.25) is 0 Å². The Morgan fingerprint density at radius 1 is 0.339 bits per heavy atom. The maximum Gasteiger partial charge on any atom is 0.159 e. The Hall–Kier alpha value is -7.14. The highest BCUT2D eigenvalue weighted by Gasteiger charge is 2.21. The highest BCUT2D eigenvalue weighted by molar-refractivity contribution is 7.25. The maximum absolute atomic E-state index is 6.53. The molecule has 11 aromatic rings. The summed E-state index contributed by atoms with van der Waals surface area (Å²) in [6.07, 6.45) is 0. The summed E-state index contributed by atoms with van der Waals surface area (Å²) in [6.45, 7) is 0. The zero-order chi connectivity index (χ0) is 37.0. The Morgan fingerprint density at radius 3 is 1.68 bits per heavy atom. The third-order valence-electron chi connectivity index (χ3n) is 10.9. The van der Waals surface area contributed by atoms with Gasteiger partial charge in [0, 0.05) is 59.1 Å². The van der Waals surface area contributed by atoms with Crippen molar-refractivity contribution in [2.24, 2.45) is 0 Å². The summed E-state index contributed by atoms with van der Waals surface area (Å²) in [4.78, 5) is 4.69. The summed E-state index contributed by atoms with van der Waals surface area (Å²) in [5.74, 6) is 0. The Kier molecular flexibility index (Phi) is 7.68. The first-order chi connectivity index (χ1) is 27.8. The second-order valence-corrected chi connectivity index (χ2v) is 15.2. The van der Waals surface area contributed by atoms with Gasteiger partial charge in [0.25, 0.3) is 0 Å². The van der Waals surface area contributed by atoms with Crippen molar-refractivity contribution in [1.29, 1.82) is 0 Å². The standard InChI is InChI=1S/C52H34N2OS/c1-3-14-36(15-4-1)53(48-23-13-22-46-43-20-9-11-24-49(43)55-52(46)48)38-28-26-35(27-29-38)40-32-33-47(42-19-8-7-18-41(40)42)54(37-16-5-2-6-17-37)39-30-31-45-44-21-10-12-25-50(44)56-51(45)34-39/h1-34H. The molecule has 0 amide bonds. The van der Waals surface area contributed by atoms with Gasteiger partial charge < -0.3 is 14.2 Å². The Morgan fingerprint density at radius 2 is 0.911 bits per heavy atom. The number of rotatable bonds is 7. The molecule has 0 unspecified atom stereocenters. The summed E-state index contributed by atoms with van der Waals surface area (Å²) in [5.41, 5.74) is 10.6. The summed E-state index contributed by atoms with van der Waals surface area (Å²) in [6, 6.07) is 73.8. The Labute approximate surface area is 328 Å². The van der Waals surface area contributed by atoms with Gasteiger partial charge >= 0.3 is 0 Å². The fraction of sp³-hybridized carbons (Fsp3) is 0. The summed E-state index contributed by atoms with van der Waals surface area (Å²) in [7, 11) is 0. The lowest BCUT2D eigenvalue weighted by atomic mass is 9.96. The average Bonchev–Trinajstić information content (AvgIpc) is 3.84. The summed E-state index contributed by atoms with van der Waals surface area (Å²) >= 11 is 1.85. The fourth-order valence-electron chi connectivity index (χ4n) is 8.29. The minimum absolute atomic E-state index is 0.873. The minimum Gasteiger partial charge on any atom is -0.454 e. The van der Waals surface area contributed by atoms with Crippen molar-refractivity contribution in [2.75, 3.05) is 9.80 Å². The van der Waals surface area contributed by atoms with Crippen LogP contribution in [0.5, 0.6) is 0 Å². The number of fused-ring (bicyclic) bond motifs is 7. The molecule has 0 spiro atoms. The normalized spacial score (nSPS) is 11.6. The first-order valence-electron chi connectivity index (χ1n) is 18.9. The van der Waals surface area contributed by atoms with Crippen LogP contribution < -0.4 is 9.80 Å². The van der Waals surface area contributed by atoms with Gasteiger partial charge in [-0.05, 0) is 89.3 Å². The van der Waals surface area contributed by atoms with Crippen molar-refractivity contribution in [3.63, 3.8) is 0 Å². The van der Waals surface area contributed by atoms with E-state index in [0.717, 1.165) is 61.6 Å². The second kappa shape index (κ2) is 13.3. The van der Waals surface area contributed by atoms with Crippen LogP contribution in [0, 0.1) is 0 Å². The largest absolute Gasteiger partial charge is 0.454 e. The van der Waals surface area contributed by atoms with Gasteiger partial charge in [-0.2, -0.15) is 0 Å². The van der Waals surface area contributed by atoms with Crippen LogP contribution >= 0.6 is 11.3 Å². The monoisotopic (exact) mass is 734 g/mol. The van der Waals surface area contributed by atoms with Crippen molar-refractivity contribution >= 4 is 98.3 Å². The number of furan rings is 1. The van der Waals surface area contributed by atoms with Gasteiger partial charge in [-0.25, -0.2) is 0 Å². The summed E-state index contributed by atoms with van der Waals surface area (Å²) < 4.78 is 9.13. The molecule has 3 nitrogen and oxygen atoms in total. The lowest BCUT2D eigenvalue weighted by Gasteiger charge is -2.28. The number of nitrogens with zero attached hydrogens (tertiary/aromatic N) is 2. The molecule has 9 aromatic carbocycles. The highest BCUT2D eigenvalue weighted by Crippen LogP contribution is 2.46. The average molecular weight is 735 g/mol. The number of hydrogen-bond acceptors (Lipinski definition) is 4. The van der Waals surface area contributed by atoms with Gasteiger partial charge in [-0.15, -0.1) is 11.3 Å². The van der Waals surface area contributed by atoms with Gasteiger partial charge in [-0.1, -0.05) is 133 Å². The van der Waals surface area contributed by atoms with Gasteiger partial charge in [0.05, 0.1) is 11.4 Å². The first kappa shape index (κ1) is 32.3. The van der Waals surface area contributed by atoms with E-state index >= 15 is 0 Å². The van der Waals surface area contributed by atoms with Crippen LogP contribution in [0.4, 0.5) is 34.1 Å². The van der Waals surface area contributed by atoms with Gasteiger partial charge in [0.2, 0.25) is 0 Å². The lowest BCUT2D eigenvalue weighted by Crippen LogP contribution is -2.10. The van der Waals surface area contributed by atoms with Crippen LogP contribution in [0.25, 0.3) is 64.0 Å². The molecular weight excluding hydrogens is 701 g/mol.